The van der Waals surface area contributed by atoms with Crippen molar-refractivity contribution < 1.29 is 23.8 Å². The van der Waals surface area contributed by atoms with Gasteiger partial charge in [0.15, 0.2) is 0 Å². The van der Waals surface area contributed by atoms with E-state index in [-0.39, 0.29) is 12.8 Å². The van der Waals surface area contributed by atoms with Crippen LogP contribution in [0, 0.1) is 0 Å². The molecule has 0 atom stereocenters. The van der Waals surface area contributed by atoms with Crippen LogP contribution < -0.4 is 4.74 Å². The Morgan fingerprint density at radius 2 is 1.82 bits per heavy atom. The zero-order valence-corrected chi connectivity index (χ0v) is 9.76. The monoisotopic (exact) mass is 238 g/mol. The predicted molar refractivity (Wildman–Crippen MR) is 59.7 cm³/mol. The van der Waals surface area contributed by atoms with E-state index in [2.05, 4.69) is 4.74 Å². The number of methoxy groups -OCH3 is 1. The molecule has 1 rings (SSSR count). The average molecular weight is 238 g/mol. The largest absolute Gasteiger partial charge is 0.465 e. The van der Waals surface area contributed by atoms with E-state index < -0.39 is 5.97 Å². The van der Waals surface area contributed by atoms with Crippen LogP contribution in [0.15, 0.2) is 24.3 Å². The van der Waals surface area contributed by atoms with E-state index in [1.807, 2.05) is 0 Å². The van der Waals surface area contributed by atoms with Gasteiger partial charge in [0.1, 0.15) is 5.75 Å². The van der Waals surface area contributed by atoms with Crippen LogP contribution in [0.1, 0.15) is 23.7 Å². The predicted octanol–water partition coefficient (Wildman–Crippen LogP) is 1.76. The smallest absolute Gasteiger partial charge is 0.337 e. The Morgan fingerprint density at radius 1 is 1.18 bits per heavy atom. The Bertz CT molecular complexity index is 382. The molecule has 1 aromatic carbocycles. The number of ether oxygens (including phenoxy) is 3. The first-order valence-electron chi connectivity index (χ1n) is 5.14. The molecule has 0 aliphatic carbocycles. The lowest BCUT2D eigenvalue weighted by atomic mass is 10.2. The number of carbonyl (C=O) groups is 2. The molecule has 0 fully saturated rings. The SMILES string of the molecule is CCC(=O)OCOc1ccc(C(=O)OC)cc1. The molecule has 0 aromatic heterocycles. The maximum Gasteiger partial charge on any atom is 0.337 e. The van der Waals surface area contributed by atoms with Crippen molar-refractivity contribution in [2.45, 2.75) is 13.3 Å². The Kier molecular flexibility index (Phi) is 5.00. The number of hydrogen-bond acceptors (Lipinski definition) is 5. The topological polar surface area (TPSA) is 61.8 Å². The number of benzene rings is 1. The van der Waals surface area contributed by atoms with Crippen molar-refractivity contribution in [3.05, 3.63) is 29.8 Å². The summed E-state index contributed by atoms with van der Waals surface area (Å²) in [6, 6.07) is 6.35. The second-order valence-electron chi connectivity index (χ2n) is 3.15. The molecule has 0 aliphatic heterocycles. The third-order valence-corrected chi connectivity index (χ3v) is 2.01. The van der Waals surface area contributed by atoms with Gasteiger partial charge in [-0.15, -0.1) is 0 Å². The molecule has 92 valence electrons. The van der Waals surface area contributed by atoms with Gasteiger partial charge in [0.25, 0.3) is 0 Å². The van der Waals surface area contributed by atoms with E-state index in [1.54, 1.807) is 31.2 Å². The van der Waals surface area contributed by atoms with Crippen LogP contribution in [0.5, 0.6) is 5.75 Å². The third kappa shape index (κ3) is 4.14. The number of carbonyl (C=O) groups excluding carboxylic acids is 2. The minimum atomic E-state index is -0.408. The van der Waals surface area contributed by atoms with E-state index in [4.69, 9.17) is 9.47 Å². The Morgan fingerprint density at radius 3 is 2.35 bits per heavy atom. The molecular formula is C12H14O5. The Labute approximate surface area is 99.3 Å². The maximum atomic E-state index is 11.1. The Hall–Kier alpha value is -2.04. The van der Waals surface area contributed by atoms with Gasteiger partial charge in [0.05, 0.1) is 12.7 Å². The number of esters is 2. The summed E-state index contributed by atoms with van der Waals surface area (Å²) in [5.74, 6) is -0.216. The van der Waals surface area contributed by atoms with Crippen molar-refractivity contribution in [3.8, 4) is 5.75 Å². The summed E-state index contributed by atoms with van der Waals surface area (Å²) in [7, 11) is 1.32. The van der Waals surface area contributed by atoms with Gasteiger partial charge in [-0.25, -0.2) is 4.79 Å². The van der Waals surface area contributed by atoms with E-state index in [1.165, 1.54) is 7.11 Å². The molecule has 5 nitrogen and oxygen atoms in total. The average Bonchev–Trinajstić information content (AvgIpc) is 2.38. The second kappa shape index (κ2) is 6.52. The van der Waals surface area contributed by atoms with Crippen LogP contribution in [0.25, 0.3) is 0 Å². The zero-order valence-electron chi connectivity index (χ0n) is 9.76. The summed E-state index contributed by atoms with van der Waals surface area (Å²) in [6.07, 6.45) is 0.310. The molecule has 0 saturated heterocycles. The highest BCUT2D eigenvalue weighted by Crippen LogP contribution is 2.12. The van der Waals surface area contributed by atoms with Crippen LogP contribution in [0.3, 0.4) is 0 Å². The first kappa shape index (κ1) is 13.0. The molecule has 0 saturated carbocycles. The molecule has 5 heteroatoms. The minimum absolute atomic E-state index is 0.135. The van der Waals surface area contributed by atoms with E-state index >= 15 is 0 Å². The molecule has 0 aliphatic rings. The van der Waals surface area contributed by atoms with Gasteiger partial charge >= 0.3 is 11.9 Å². The van der Waals surface area contributed by atoms with Crippen molar-refractivity contribution in [3.63, 3.8) is 0 Å². The molecular weight excluding hydrogens is 224 g/mol. The van der Waals surface area contributed by atoms with Crippen molar-refractivity contribution in [1.29, 1.82) is 0 Å². The summed E-state index contributed by atoms with van der Waals surface area (Å²) in [4.78, 5) is 22.0. The maximum absolute atomic E-state index is 11.1. The van der Waals surface area contributed by atoms with Crippen LogP contribution in [-0.2, 0) is 14.3 Å². The fourth-order valence-corrected chi connectivity index (χ4v) is 1.07. The summed E-state index contributed by atoms with van der Waals surface area (Å²) < 4.78 is 14.4. The van der Waals surface area contributed by atoms with E-state index in [9.17, 15) is 9.59 Å². The summed E-state index contributed by atoms with van der Waals surface area (Å²) in [5, 5.41) is 0. The van der Waals surface area contributed by atoms with Gasteiger partial charge < -0.3 is 14.2 Å². The van der Waals surface area contributed by atoms with E-state index in [0.717, 1.165) is 0 Å². The molecule has 0 bridgehead atoms. The van der Waals surface area contributed by atoms with E-state index in [0.29, 0.717) is 17.7 Å². The van der Waals surface area contributed by atoms with Crippen LogP contribution in [-0.4, -0.2) is 25.8 Å². The van der Waals surface area contributed by atoms with Gasteiger partial charge in [-0.1, -0.05) is 6.92 Å². The molecule has 0 radical (unpaired) electrons. The lowest BCUT2D eigenvalue weighted by Gasteiger charge is -2.06. The molecule has 1 aromatic rings. The van der Waals surface area contributed by atoms with Crippen molar-refractivity contribution in [2.75, 3.05) is 13.9 Å². The highest BCUT2D eigenvalue weighted by Gasteiger charge is 2.05. The van der Waals surface area contributed by atoms with Crippen molar-refractivity contribution in [1.82, 2.24) is 0 Å². The van der Waals surface area contributed by atoms with Gasteiger partial charge in [0, 0.05) is 6.42 Å². The first-order valence-corrected chi connectivity index (χ1v) is 5.14. The molecule has 0 amide bonds. The van der Waals surface area contributed by atoms with Crippen LogP contribution >= 0.6 is 0 Å². The normalized spacial score (nSPS) is 9.53. The third-order valence-electron chi connectivity index (χ3n) is 2.01. The highest BCUT2D eigenvalue weighted by atomic mass is 16.7. The van der Waals surface area contributed by atoms with Crippen LogP contribution in [0.2, 0.25) is 0 Å². The van der Waals surface area contributed by atoms with Gasteiger partial charge in [0.2, 0.25) is 6.79 Å². The van der Waals surface area contributed by atoms with Crippen molar-refractivity contribution in [2.24, 2.45) is 0 Å². The summed E-state index contributed by atoms with van der Waals surface area (Å²) in [5.41, 5.74) is 0.436. The Balaban J connectivity index is 2.46. The minimum Gasteiger partial charge on any atom is -0.465 e. The second-order valence-corrected chi connectivity index (χ2v) is 3.15. The fraction of sp³-hybridized carbons (Fsp3) is 0.333. The van der Waals surface area contributed by atoms with Gasteiger partial charge in [-0.05, 0) is 24.3 Å². The lowest BCUT2D eigenvalue weighted by Crippen LogP contribution is -2.09. The van der Waals surface area contributed by atoms with Crippen molar-refractivity contribution >= 4 is 11.9 Å². The molecule has 0 N–H and O–H groups in total. The zero-order chi connectivity index (χ0) is 12.7. The molecule has 0 unspecified atom stereocenters. The van der Waals surface area contributed by atoms with Gasteiger partial charge in [-0.3, -0.25) is 4.79 Å². The summed E-state index contributed by atoms with van der Waals surface area (Å²) >= 11 is 0. The molecule has 17 heavy (non-hydrogen) atoms. The standard InChI is InChI=1S/C12H14O5/c1-3-11(13)17-8-16-10-6-4-9(5-7-10)12(14)15-2/h4-7H,3,8H2,1-2H3. The fourth-order valence-electron chi connectivity index (χ4n) is 1.07. The number of hydrogen-bond donors (Lipinski definition) is 0. The lowest BCUT2D eigenvalue weighted by molar-refractivity contribution is -0.149. The summed E-state index contributed by atoms with van der Waals surface area (Å²) in [6.45, 7) is 1.57. The molecule has 0 heterocycles. The highest BCUT2D eigenvalue weighted by molar-refractivity contribution is 5.89. The first-order chi connectivity index (χ1) is 8.17. The van der Waals surface area contributed by atoms with Crippen LogP contribution in [0.4, 0.5) is 0 Å². The van der Waals surface area contributed by atoms with Gasteiger partial charge in [-0.2, -0.15) is 0 Å². The molecule has 0 spiro atoms. The number of rotatable bonds is 5. The quantitative estimate of drug-likeness (QED) is 0.577.